The monoisotopic (exact) mass is 454 g/mol. The fourth-order valence-electron chi connectivity index (χ4n) is 3.94. The number of nitrogens with one attached hydrogen (secondary N) is 1. The minimum absolute atomic E-state index is 0.0505. The minimum atomic E-state index is -3.36. The van der Waals surface area contributed by atoms with Gasteiger partial charge in [-0.15, -0.1) is 11.3 Å². The van der Waals surface area contributed by atoms with E-state index in [1.54, 1.807) is 18.2 Å². The van der Waals surface area contributed by atoms with Crippen molar-refractivity contribution in [1.29, 1.82) is 0 Å². The van der Waals surface area contributed by atoms with Crippen LogP contribution in [0.3, 0.4) is 0 Å². The number of nitrogens with zero attached hydrogens (tertiary/aromatic N) is 1. The van der Waals surface area contributed by atoms with Crippen molar-refractivity contribution in [3.63, 3.8) is 0 Å². The highest BCUT2D eigenvalue weighted by Gasteiger charge is 2.30. The molecule has 0 bridgehead atoms. The molecule has 0 radical (unpaired) electrons. The third-order valence-electron chi connectivity index (χ3n) is 5.48. The van der Waals surface area contributed by atoms with Crippen LogP contribution in [-0.2, 0) is 15.6 Å². The van der Waals surface area contributed by atoms with Crippen molar-refractivity contribution in [2.75, 3.05) is 24.5 Å². The van der Waals surface area contributed by atoms with Crippen molar-refractivity contribution in [1.82, 2.24) is 5.32 Å². The molecule has 0 saturated carbocycles. The zero-order valence-electron chi connectivity index (χ0n) is 17.7. The molecule has 0 aliphatic carbocycles. The van der Waals surface area contributed by atoms with E-state index in [-0.39, 0.29) is 11.7 Å². The van der Waals surface area contributed by atoms with E-state index in [0.717, 1.165) is 24.4 Å². The number of anilines is 1. The van der Waals surface area contributed by atoms with Gasteiger partial charge < -0.3 is 10.2 Å². The molecule has 2 heterocycles. The van der Waals surface area contributed by atoms with Crippen LogP contribution in [0.1, 0.15) is 34.1 Å². The average Bonchev–Trinajstić information content (AvgIpc) is 3.17. The summed E-state index contributed by atoms with van der Waals surface area (Å²) in [6, 6.07) is 17.2. The van der Waals surface area contributed by atoms with Gasteiger partial charge in [-0.05, 0) is 55.7 Å². The van der Waals surface area contributed by atoms with Crippen molar-refractivity contribution in [2.24, 2.45) is 0 Å². The molecule has 1 aliphatic rings. The number of aryl methyl sites for hydroxylation is 1. The van der Waals surface area contributed by atoms with Crippen LogP contribution in [0.2, 0.25) is 0 Å². The first kappa shape index (κ1) is 21.6. The van der Waals surface area contributed by atoms with Crippen LogP contribution in [0.25, 0.3) is 10.4 Å². The summed E-state index contributed by atoms with van der Waals surface area (Å²) in [4.78, 5) is 16.8. The van der Waals surface area contributed by atoms with Gasteiger partial charge in [0.1, 0.15) is 0 Å². The van der Waals surface area contributed by atoms with Gasteiger partial charge in [-0.3, -0.25) is 4.79 Å². The summed E-state index contributed by atoms with van der Waals surface area (Å²) >= 11 is 1.37. The van der Waals surface area contributed by atoms with Crippen molar-refractivity contribution >= 4 is 32.8 Å². The molecule has 2 aromatic carbocycles. The van der Waals surface area contributed by atoms with Crippen LogP contribution < -0.4 is 10.2 Å². The summed E-state index contributed by atoms with van der Waals surface area (Å²) in [7, 11) is -3.36. The smallest absolute Gasteiger partial charge is 0.261 e. The Bertz CT molecular complexity index is 1220. The second-order valence-corrected chi connectivity index (χ2v) is 10.8. The van der Waals surface area contributed by atoms with E-state index in [4.69, 9.17) is 0 Å². The van der Waals surface area contributed by atoms with E-state index in [1.807, 2.05) is 12.1 Å². The molecule has 1 amide bonds. The van der Waals surface area contributed by atoms with Crippen molar-refractivity contribution in [3.8, 4) is 10.4 Å². The summed E-state index contributed by atoms with van der Waals surface area (Å²) in [6.45, 7) is 6.54. The van der Waals surface area contributed by atoms with Crippen LogP contribution in [0, 0.1) is 6.92 Å². The molecule has 1 aliphatic heterocycles. The summed E-state index contributed by atoms with van der Waals surface area (Å²) in [5, 5.41) is 2.99. The largest absolute Gasteiger partial charge is 0.372 e. The lowest BCUT2D eigenvalue weighted by molar-refractivity contribution is 0.0957. The summed E-state index contributed by atoms with van der Waals surface area (Å²) in [5.74, 6) is -0.196. The first-order chi connectivity index (χ1) is 14.9. The quantitative estimate of drug-likeness (QED) is 0.528. The molecule has 1 aromatic heterocycles. The Hall–Kier alpha value is -2.64. The Balaban J connectivity index is 1.39. The molecule has 31 heavy (non-hydrogen) atoms. The molecule has 0 saturated heterocycles. The zero-order chi connectivity index (χ0) is 22.0. The lowest BCUT2D eigenvalue weighted by atomic mass is 10.1. The highest BCUT2D eigenvalue weighted by atomic mass is 32.2. The number of carbonyl (C=O) groups excluding carboxylic acids is 1. The van der Waals surface area contributed by atoms with E-state index < -0.39 is 9.84 Å². The highest BCUT2D eigenvalue weighted by Crippen LogP contribution is 2.42. The number of sulfone groups is 1. The average molecular weight is 455 g/mol. The zero-order valence-corrected chi connectivity index (χ0v) is 19.4. The van der Waals surface area contributed by atoms with E-state index in [2.05, 4.69) is 48.3 Å². The molecular formula is C24H26N2O3S2. The molecule has 1 N–H and O–H groups in total. The molecule has 0 atom stereocenters. The second-order valence-electron chi connectivity index (χ2n) is 7.75. The maximum atomic E-state index is 12.7. The van der Waals surface area contributed by atoms with E-state index >= 15 is 0 Å². The fraction of sp³-hybridized carbons (Fsp3) is 0.292. The maximum absolute atomic E-state index is 12.7. The molecule has 7 heteroatoms. The van der Waals surface area contributed by atoms with E-state index in [1.165, 1.54) is 22.6 Å². The summed E-state index contributed by atoms with van der Waals surface area (Å²) in [6.07, 6.45) is 0.829. The van der Waals surface area contributed by atoms with E-state index in [9.17, 15) is 13.2 Å². The SMILES string of the molecule is CCN(CCCNC(=O)c1cc2c(s1)-c1ccccc1S(=O)(=O)C2)c1cccc(C)c1. The molecule has 162 valence electrons. The molecule has 0 unspecified atom stereocenters. The number of carbonyl (C=O) groups is 1. The molecule has 4 rings (SSSR count). The summed E-state index contributed by atoms with van der Waals surface area (Å²) < 4.78 is 25.1. The second kappa shape index (κ2) is 8.85. The van der Waals surface area contributed by atoms with Crippen LogP contribution in [0.4, 0.5) is 5.69 Å². The van der Waals surface area contributed by atoms with Gasteiger partial charge in [0.15, 0.2) is 9.84 Å². The van der Waals surface area contributed by atoms with Gasteiger partial charge in [-0.2, -0.15) is 0 Å². The number of hydrogen-bond donors (Lipinski definition) is 1. The Morgan fingerprint density at radius 1 is 1.13 bits per heavy atom. The van der Waals surface area contributed by atoms with Crippen LogP contribution >= 0.6 is 11.3 Å². The van der Waals surface area contributed by atoms with Gasteiger partial charge in [-0.25, -0.2) is 8.42 Å². The predicted octanol–water partition coefficient (Wildman–Crippen LogP) is 4.66. The van der Waals surface area contributed by atoms with E-state index in [0.29, 0.717) is 27.4 Å². The number of thiophene rings is 1. The Morgan fingerprint density at radius 3 is 2.71 bits per heavy atom. The maximum Gasteiger partial charge on any atom is 0.261 e. The Labute approximate surface area is 187 Å². The molecule has 0 fully saturated rings. The summed E-state index contributed by atoms with van der Waals surface area (Å²) in [5.41, 5.74) is 3.84. The van der Waals surface area contributed by atoms with Gasteiger partial charge in [0, 0.05) is 35.8 Å². The number of benzene rings is 2. The van der Waals surface area contributed by atoms with Gasteiger partial charge >= 0.3 is 0 Å². The third-order valence-corrected chi connectivity index (χ3v) is 8.41. The first-order valence-corrected chi connectivity index (χ1v) is 12.9. The lowest BCUT2D eigenvalue weighted by Crippen LogP contribution is -2.29. The van der Waals surface area contributed by atoms with Gasteiger partial charge in [-0.1, -0.05) is 30.3 Å². The molecule has 5 nitrogen and oxygen atoms in total. The number of rotatable bonds is 7. The Morgan fingerprint density at radius 2 is 1.94 bits per heavy atom. The van der Waals surface area contributed by atoms with Gasteiger partial charge in [0.2, 0.25) is 0 Å². The topological polar surface area (TPSA) is 66.5 Å². The van der Waals surface area contributed by atoms with Gasteiger partial charge in [0.05, 0.1) is 15.5 Å². The molecule has 0 spiro atoms. The predicted molar refractivity (Wildman–Crippen MR) is 127 cm³/mol. The molecule has 3 aromatic rings. The van der Waals surface area contributed by atoms with Crippen LogP contribution in [0.15, 0.2) is 59.5 Å². The third kappa shape index (κ3) is 4.52. The minimum Gasteiger partial charge on any atom is -0.372 e. The fourth-order valence-corrected chi connectivity index (χ4v) is 6.81. The number of hydrogen-bond acceptors (Lipinski definition) is 5. The van der Waals surface area contributed by atoms with Crippen molar-refractivity contribution in [3.05, 3.63) is 70.6 Å². The highest BCUT2D eigenvalue weighted by molar-refractivity contribution is 7.91. The van der Waals surface area contributed by atoms with Crippen LogP contribution in [0.5, 0.6) is 0 Å². The lowest BCUT2D eigenvalue weighted by Gasteiger charge is -2.23. The van der Waals surface area contributed by atoms with Crippen LogP contribution in [-0.4, -0.2) is 34.0 Å². The number of fused-ring (bicyclic) bond motifs is 3. The normalized spacial score (nSPS) is 13.9. The first-order valence-electron chi connectivity index (χ1n) is 10.4. The standard InChI is InChI=1S/C24H26N2O3S2/c1-3-26(19-9-6-8-17(2)14-19)13-7-12-25-24(27)21-15-18-16-31(28,29)22-11-5-4-10-20(22)23(18)30-21/h4-6,8-11,14-15H,3,7,12-13,16H2,1-2H3,(H,25,27). The molecular weight excluding hydrogens is 428 g/mol. The van der Waals surface area contributed by atoms with Crippen molar-refractivity contribution < 1.29 is 13.2 Å². The van der Waals surface area contributed by atoms with Crippen molar-refractivity contribution in [2.45, 2.75) is 30.9 Å². The Kier molecular flexibility index (Phi) is 6.16. The van der Waals surface area contributed by atoms with Gasteiger partial charge in [0.25, 0.3) is 5.91 Å². The number of amides is 1.